The first kappa shape index (κ1) is 10.9. The van der Waals surface area contributed by atoms with Crippen molar-refractivity contribution in [3.8, 4) is 0 Å². The summed E-state index contributed by atoms with van der Waals surface area (Å²) in [7, 11) is 0. The third-order valence-corrected chi connectivity index (χ3v) is 2.30. The minimum absolute atomic E-state index is 0.265. The van der Waals surface area contributed by atoms with Crippen molar-refractivity contribution in [2.24, 2.45) is 5.73 Å². The summed E-state index contributed by atoms with van der Waals surface area (Å²) in [6.45, 7) is 3.98. The molecule has 2 aromatic rings. The molecule has 0 unspecified atom stereocenters. The Bertz CT molecular complexity index is 577. The number of halogens is 1. The second kappa shape index (κ2) is 3.45. The molecule has 4 nitrogen and oxygen atoms in total. The molecule has 0 radical (unpaired) electrons. The molecule has 16 heavy (non-hydrogen) atoms. The number of nitrogens with zero attached hydrogens (tertiary/aromatic N) is 1. The molecule has 0 atom stereocenters. The smallest absolute Gasteiger partial charge is 0.324 e. The Morgan fingerprint density at radius 2 is 2.19 bits per heavy atom. The van der Waals surface area contributed by atoms with Crippen molar-refractivity contribution < 1.29 is 4.39 Å². The highest BCUT2D eigenvalue weighted by atomic mass is 19.1. The topological polar surface area (TPSA) is 63.8 Å². The zero-order chi connectivity index (χ0) is 11.9. The third-order valence-electron chi connectivity index (χ3n) is 2.30. The Labute approximate surface area is 91.9 Å². The lowest BCUT2D eigenvalue weighted by atomic mass is 10.1. The van der Waals surface area contributed by atoms with Gasteiger partial charge in [0, 0.05) is 12.1 Å². The monoisotopic (exact) mass is 223 g/mol. The largest absolute Gasteiger partial charge is 0.326 e. The molecule has 3 N–H and O–H groups in total. The average Bonchev–Trinajstić information content (AvgIpc) is 2.42. The number of hydrogen-bond donors (Lipinski definition) is 2. The quantitative estimate of drug-likeness (QED) is 0.803. The second-order valence-corrected chi connectivity index (χ2v) is 4.67. The molecular formula is C11H14FN3O. The fourth-order valence-electron chi connectivity index (χ4n) is 1.69. The van der Waals surface area contributed by atoms with Crippen LogP contribution in [-0.2, 0) is 6.54 Å². The molecular weight excluding hydrogens is 209 g/mol. The Morgan fingerprint density at radius 3 is 2.81 bits per heavy atom. The third kappa shape index (κ3) is 1.99. The van der Waals surface area contributed by atoms with Crippen LogP contribution in [0.5, 0.6) is 0 Å². The molecule has 0 aliphatic rings. The van der Waals surface area contributed by atoms with Crippen molar-refractivity contribution in [3.05, 3.63) is 34.5 Å². The summed E-state index contributed by atoms with van der Waals surface area (Å²) in [5.74, 6) is -0.366. The van der Waals surface area contributed by atoms with E-state index in [9.17, 15) is 9.18 Å². The van der Waals surface area contributed by atoms with Crippen LogP contribution < -0.4 is 11.4 Å². The number of H-pyrrole nitrogens is 1. The molecule has 0 saturated heterocycles. The highest BCUT2D eigenvalue weighted by molar-refractivity contribution is 5.75. The fourth-order valence-corrected chi connectivity index (χ4v) is 1.69. The summed E-state index contributed by atoms with van der Waals surface area (Å²) in [5.41, 5.74) is 6.24. The van der Waals surface area contributed by atoms with Gasteiger partial charge in [0.25, 0.3) is 0 Å². The summed E-state index contributed by atoms with van der Waals surface area (Å²) in [4.78, 5) is 14.3. The number of rotatable bonds is 2. The van der Waals surface area contributed by atoms with Crippen molar-refractivity contribution in [2.45, 2.75) is 25.9 Å². The van der Waals surface area contributed by atoms with Crippen molar-refractivity contribution in [3.63, 3.8) is 0 Å². The molecule has 1 aromatic carbocycles. The molecule has 0 spiro atoms. The number of aromatic nitrogens is 2. The van der Waals surface area contributed by atoms with E-state index in [-0.39, 0.29) is 11.5 Å². The van der Waals surface area contributed by atoms with Gasteiger partial charge in [0.15, 0.2) is 0 Å². The molecule has 2 rings (SSSR count). The molecule has 0 aliphatic heterocycles. The van der Waals surface area contributed by atoms with E-state index in [4.69, 9.17) is 5.73 Å². The van der Waals surface area contributed by atoms with Crippen LogP contribution in [0.3, 0.4) is 0 Å². The van der Waals surface area contributed by atoms with E-state index in [1.807, 2.05) is 13.8 Å². The predicted molar refractivity (Wildman–Crippen MR) is 60.8 cm³/mol. The highest BCUT2D eigenvalue weighted by Gasteiger charge is 2.16. The minimum atomic E-state index is -0.523. The van der Waals surface area contributed by atoms with Gasteiger partial charge in [-0.15, -0.1) is 0 Å². The van der Waals surface area contributed by atoms with Gasteiger partial charge in [-0.3, -0.25) is 4.57 Å². The number of fused-ring (bicyclic) bond motifs is 1. The average molecular weight is 223 g/mol. The van der Waals surface area contributed by atoms with E-state index in [1.54, 1.807) is 6.07 Å². The van der Waals surface area contributed by atoms with E-state index < -0.39 is 5.54 Å². The molecule has 0 amide bonds. The number of imidazole rings is 1. The number of nitrogens with two attached hydrogens (primary N) is 1. The van der Waals surface area contributed by atoms with Crippen LogP contribution in [0.25, 0.3) is 11.0 Å². The summed E-state index contributed by atoms with van der Waals surface area (Å²) in [6.07, 6.45) is 0. The van der Waals surface area contributed by atoms with Gasteiger partial charge < -0.3 is 10.7 Å². The summed E-state index contributed by atoms with van der Waals surface area (Å²) < 4.78 is 14.6. The van der Waals surface area contributed by atoms with Crippen molar-refractivity contribution >= 4 is 11.0 Å². The lowest BCUT2D eigenvalue weighted by Crippen LogP contribution is -2.39. The lowest BCUT2D eigenvalue weighted by molar-refractivity contribution is 0.433. The number of nitrogens with one attached hydrogen (secondary N) is 1. The van der Waals surface area contributed by atoms with E-state index in [1.165, 1.54) is 16.7 Å². The van der Waals surface area contributed by atoms with Crippen LogP contribution >= 0.6 is 0 Å². The van der Waals surface area contributed by atoms with E-state index in [2.05, 4.69) is 4.98 Å². The fraction of sp³-hybridized carbons (Fsp3) is 0.364. The van der Waals surface area contributed by atoms with Gasteiger partial charge in [-0.25, -0.2) is 9.18 Å². The van der Waals surface area contributed by atoms with Crippen molar-refractivity contribution in [1.82, 2.24) is 9.55 Å². The first-order valence-electron chi connectivity index (χ1n) is 5.04. The maximum absolute atomic E-state index is 13.1. The van der Waals surface area contributed by atoms with Gasteiger partial charge in [-0.05, 0) is 32.0 Å². The van der Waals surface area contributed by atoms with Gasteiger partial charge in [0.1, 0.15) is 5.82 Å². The van der Waals surface area contributed by atoms with Crippen LogP contribution in [0.4, 0.5) is 4.39 Å². The first-order chi connectivity index (χ1) is 7.37. The summed E-state index contributed by atoms with van der Waals surface area (Å²) in [5, 5.41) is 0. The zero-order valence-electron chi connectivity index (χ0n) is 9.25. The molecule has 0 fully saturated rings. The molecule has 1 aromatic heterocycles. The summed E-state index contributed by atoms with van der Waals surface area (Å²) in [6, 6.07) is 4.20. The van der Waals surface area contributed by atoms with Crippen LogP contribution in [0.2, 0.25) is 0 Å². The normalized spacial score (nSPS) is 12.2. The SMILES string of the molecule is CC(C)(N)Cn1c(=O)[nH]c2ccc(F)cc21. The molecule has 0 saturated carbocycles. The Morgan fingerprint density at radius 1 is 1.50 bits per heavy atom. The Kier molecular flexibility index (Phi) is 2.35. The number of aromatic amines is 1. The van der Waals surface area contributed by atoms with E-state index >= 15 is 0 Å². The van der Waals surface area contributed by atoms with Gasteiger partial charge in [0.2, 0.25) is 0 Å². The Balaban J connectivity index is 2.63. The van der Waals surface area contributed by atoms with E-state index in [0.717, 1.165) is 0 Å². The maximum Gasteiger partial charge on any atom is 0.326 e. The molecule has 1 heterocycles. The lowest BCUT2D eigenvalue weighted by Gasteiger charge is -2.18. The highest BCUT2D eigenvalue weighted by Crippen LogP contribution is 2.13. The van der Waals surface area contributed by atoms with E-state index in [0.29, 0.717) is 17.6 Å². The van der Waals surface area contributed by atoms with Crippen molar-refractivity contribution in [2.75, 3.05) is 0 Å². The minimum Gasteiger partial charge on any atom is -0.324 e. The molecule has 0 bridgehead atoms. The zero-order valence-corrected chi connectivity index (χ0v) is 9.25. The molecule has 0 aliphatic carbocycles. The van der Waals surface area contributed by atoms with Gasteiger partial charge in [-0.2, -0.15) is 0 Å². The van der Waals surface area contributed by atoms with Crippen molar-refractivity contribution in [1.29, 1.82) is 0 Å². The van der Waals surface area contributed by atoms with Crippen LogP contribution in [0.1, 0.15) is 13.8 Å². The Hall–Kier alpha value is -1.62. The second-order valence-electron chi connectivity index (χ2n) is 4.67. The van der Waals surface area contributed by atoms with Crippen LogP contribution in [0, 0.1) is 5.82 Å². The number of hydrogen-bond acceptors (Lipinski definition) is 2. The van der Waals surface area contributed by atoms with Gasteiger partial charge >= 0.3 is 5.69 Å². The standard InChI is InChI=1S/C11H14FN3O/c1-11(2,13)6-15-9-5-7(12)3-4-8(9)14-10(15)16/h3-5H,6,13H2,1-2H3,(H,14,16). The van der Waals surface area contributed by atoms with Crippen LogP contribution in [0.15, 0.2) is 23.0 Å². The van der Waals surface area contributed by atoms with Crippen LogP contribution in [-0.4, -0.2) is 15.1 Å². The first-order valence-corrected chi connectivity index (χ1v) is 5.04. The maximum atomic E-state index is 13.1. The molecule has 86 valence electrons. The predicted octanol–water partition coefficient (Wildman–Crippen LogP) is 1.21. The number of benzene rings is 1. The van der Waals surface area contributed by atoms with Gasteiger partial charge in [0.05, 0.1) is 11.0 Å². The summed E-state index contributed by atoms with van der Waals surface area (Å²) >= 11 is 0. The molecule has 5 heteroatoms. The van der Waals surface area contributed by atoms with Gasteiger partial charge in [-0.1, -0.05) is 0 Å².